The van der Waals surface area contributed by atoms with Crippen molar-refractivity contribution in [1.29, 1.82) is 0 Å². The number of carbonyl (C=O) groups is 1. The van der Waals surface area contributed by atoms with Gasteiger partial charge in [-0.15, -0.1) is 0 Å². The number of aryl methyl sites for hydroxylation is 1. The van der Waals surface area contributed by atoms with E-state index in [0.717, 1.165) is 28.6 Å². The normalized spacial score (nSPS) is 11.5. The number of rotatable bonds is 5. The molecule has 0 saturated heterocycles. The van der Waals surface area contributed by atoms with Crippen molar-refractivity contribution in [2.45, 2.75) is 16.1 Å². The predicted molar refractivity (Wildman–Crippen MR) is 95.0 cm³/mol. The van der Waals surface area contributed by atoms with Crippen molar-refractivity contribution >= 4 is 29.5 Å². The summed E-state index contributed by atoms with van der Waals surface area (Å²) in [7, 11) is 1.24. The quantitative estimate of drug-likeness (QED) is 0.465. The number of benzene rings is 2. The summed E-state index contributed by atoms with van der Waals surface area (Å²) in [5.74, 6) is -2.20. The van der Waals surface area contributed by atoms with Gasteiger partial charge in [0.2, 0.25) is 6.41 Å². The average molecular weight is 429 g/mol. The molecule has 0 unspecified atom stereocenters. The SMILES string of the molecule is Cn1nc(C(F)(F)F)c(N(C=O)c2ccc(F)cc2F)c1Sc1ccc(O)cc1. The van der Waals surface area contributed by atoms with E-state index in [1.165, 1.54) is 31.3 Å². The van der Waals surface area contributed by atoms with Crippen LogP contribution in [0.25, 0.3) is 0 Å². The number of hydrogen-bond acceptors (Lipinski definition) is 4. The van der Waals surface area contributed by atoms with Crippen LogP contribution in [0.2, 0.25) is 0 Å². The Labute approximate surface area is 165 Å². The molecule has 0 saturated carbocycles. The van der Waals surface area contributed by atoms with Gasteiger partial charge in [0.1, 0.15) is 28.1 Å². The second-order valence-corrected chi connectivity index (χ2v) is 6.85. The third-order valence-corrected chi connectivity index (χ3v) is 4.96. The summed E-state index contributed by atoms with van der Waals surface area (Å²) in [5.41, 5.74) is -2.66. The number of phenols is 1. The van der Waals surface area contributed by atoms with Gasteiger partial charge in [-0.2, -0.15) is 18.3 Å². The molecule has 2 aromatic carbocycles. The van der Waals surface area contributed by atoms with Gasteiger partial charge in [-0.1, -0.05) is 11.8 Å². The standard InChI is InChI=1S/C18H12F5N3O2S/c1-25-17(29-12-5-3-11(28)4-6-12)15(16(24-25)18(21,22)23)26(9-27)14-7-2-10(19)8-13(14)20/h2-9,28H,1H3. The Balaban J connectivity index is 2.20. The van der Waals surface area contributed by atoms with Gasteiger partial charge in [-0.3, -0.25) is 14.4 Å². The van der Waals surface area contributed by atoms with Crippen molar-refractivity contribution in [3.8, 4) is 5.75 Å². The van der Waals surface area contributed by atoms with Gasteiger partial charge in [0.05, 0.1) is 5.69 Å². The number of carbonyl (C=O) groups excluding carboxylic acids is 1. The second-order valence-electron chi connectivity index (χ2n) is 5.79. The van der Waals surface area contributed by atoms with Crippen molar-refractivity contribution in [3.63, 3.8) is 0 Å². The summed E-state index contributed by atoms with van der Waals surface area (Å²) in [6.45, 7) is 0. The molecule has 0 atom stereocenters. The molecule has 0 aliphatic rings. The number of hydrogen-bond donors (Lipinski definition) is 1. The van der Waals surface area contributed by atoms with Gasteiger partial charge < -0.3 is 5.11 Å². The molecular formula is C18H12F5N3O2S. The fourth-order valence-corrected chi connectivity index (χ4v) is 3.51. The van der Waals surface area contributed by atoms with Gasteiger partial charge in [-0.05, 0) is 36.4 Å². The molecule has 1 amide bonds. The molecule has 3 rings (SSSR count). The highest BCUT2D eigenvalue weighted by Gasteiger charge is 2.41. The van der Waals surface area contributed by atoms with Crippen molar-refractivity contribution < 1.29 is 31.9 Å². The summed E-state index contributed by atoms with van der Waals surface area (Å²) in [4.78, 5) is 12.6. The first kappa shape index (κ1) is 20.6. The second kappa shape index (κ2) is 7.74. The lowest BCUT2D eigenvalue weighted by molar-refractivity contribution is -0.140. The zero-order valence-corrected chi connectivity index (χ0v) is 15.4. The van der Waals surface area contributed by atoms with Crippen molar-refractivity contribution in [2.24, 2.45) is 7.05 Å². The number of aromatic nitrogens is 2. The Bertz CT molecular complexity index is 1050. The van der Waals surface area contributed by atoms with Crippen LogP contribution >= 0.6 is 11.8 Å². The molecule has 152 valence electrons. The van der Waals surface area contributed by atoms with E-state index in [0.29, 0.717) is 15.9 Å². The maximum Gasteiger partial charge on any atom is 0.437 e. The highest BCUT2D eigenvalue weighted by Crippen LogP contribution is 2.45. The number of alkyl halides is 3. The minimum Gasteiger partial charge on any atom is -0.508 e. The van der Waals surface area contributed by atoms with Gasteiger partial charge in [0.15, 0.2) is 5.69 Å². The van der Waals surface area contributed by atoms with Crippen LogP contribution in [-0.2, 0) is 18.0 Å². The van der Waals surface area contributed by atoms with Crippen molar-refractivity contribution in [1.82, 2.24) is 9.78 Å². The number of anilines is 2. The van der Waals surface area contributed by atoms with Gasteiger partial charge in [0, 0.05) is 18.0 Å². The zero-order valence-electron chi connectivity index (χ0n) is 14.6. The molecule has 1 aromatic heterocycles. The molecule has 1 N–H and O–H groups in total. The topological polar surface area (TPSA) is 58.4 Å². The highest BCUT2D eigenvalue weighted by atomic mass is 32.2. The molecule has 3 aromatic rings. The summed E-state index contributed by atoms with van der Waals surface area (Å²) in [5, 5.41) is 12.7. The summed E-state index contributed by atoms with van der Waals surface area (Å²) < 4.78 is 69.1. The molecule has 5 nitrogen and oxygen atoms in total. The average Bonchev–Trinajstić information content (AvgIpc) is 2.96. The van der Waals surface area contributed by atoms with Crippen LogP contribution in [0.15, 0.2) is 52.4 Å². The predicted octanol–water partition coefficient (Wildman–Crippen LogP) is 4.87. The van der Waals surface area contributed by atoms with E-state index in [2.05, 4.69) is 5.10 Å². The number of aromatic hydroxyl groups is 1. The highest BCUT2D eigenvalue weighted by molar-refractivity contribution is 7.99. The van der Waals surface area contributed by atoms with Crippen LogP contribution in [0.1, 0.15) is 5.69 Å². The largest absolute Gasteiger partial charge is 0.508 e. The van der Waals surface area contributed by atoms with E-state index in [1.807, 2.05) is 0 Å². The van der Waals surface area contributed by atoms with Crippen LogP contribution in [0.5, 0.6) is 5.75 Å². The van der Waals surface area contributed by atoms with Crippen LogP contribution in [0.4, 0.5) is 33.3 Å². The van der Waals surface area contributed by atoms with Crippen LogP contribution in [-0.4, -0.2) is 21.3 Å². The Morgan fingerprint density at radius 2 is 1.79 bits per heavy atom. The van der Waals surface area contributed by atoms with E-state index >= 15 is 0 Å². The van der Waals surface area contributed by atoms with E-state index in [9.17, 15) is 31.9 Å². The smallest absolute Gasteiger partial charge is 0.437 e. The van der Waals surface area contributed by atoms with E-state index in [4.69, 9.17) is 0 Å². The monoisotopic (exact) mass is 429 g/mol. The maximum absolute atomic E-state index is 14.2. The van der Waals surface area contributed by atoms with Crippen molar-refractivity contribution in [2.75, 3.05) is 4.90 Å². The summed E-state index contributed by atoms with van der Waals surface area (Å²) in [6.07, 6.45) is -4.94. The zero-order chi connectivity index (χ0) is 21.3. The number of phenolic OH excluding ortho intramolecular Hbond substituents is 1. The third-order valence-electron chi connectivity index (χ3n) is 3.81. The first-order valence-corrected chi connectivity index (χ1v) is 8.74. The molecule has 29 heavy (non-hydrogen) atoms. The lowest BCUT2D eigenvalue weighted by atomic mass is 10.2. The first-order chi connectivity index (χ1) is 13.6. The Morgan fingerprint density at radius 3 is 2.34 bits per heavy atom. The molecule has 0 spiro atoms. The van der Waals surface area contributed by atoms with Gasteiger partial charge in [0.25, 0.3) is 0 Å². The molecule has 0 fully saturated rings. The van der Waals surface area contributed by atoms with E-state index < -0.39 is 34.9 Å². The van der Waals surface area contributed by atoms with Crippen LogP contribution in [0.3, 0.4) is 0 Å². The molecular weight excluding hydrogens is 417 g/mol. The molecule has 0 bridgehead atoms. The minimum atomic E-state index is -4.95. The molecule has 0 radical (unpaired) electrons. The van der Waals surface area contributed by atoms with E-state index in [-0.39, 0.29) is 17.2 Å². The summed E-state index contributed by atoms with van der Waals surface area (Å²) >= 11 is 0.826. The fourth-order valence-electron chi connectivity index (χ4n) is 2.55. The third kappa shape index (κ3) is 4.19. The van der Waals surface area contributed by atoms with Gasteiger partial charge >= 0.3 is 6.18 Å². The summed E-state index contributed by atoms with van der Waals surface area (Å²) in [6, 6.07) is 7.72. The minimum absolute atomic E-state index is 0.00343. The number of amides is 1. The van der Waals surface area contributed by atoms with Gasteiger partial charge in [-0.25, -0.2) is 8.78 Å². The van der Waals surface area contributed by atoms with Crippen LogP contribution < -0.4 is 4.90 Å². The molecule has 0 aliphatic carbocycles. The number of halogens is 5. The maximum atomic E-state index is 14.2. The lowest BCUT2D eigenvalue weighted by Gasteiger charge is -2.20. The number of nitrogens with zero attached hydrogens (tertiary/aromatic N) is 3. The molecule has 11 heteroatoms. The Hall–Kier alpha value is -3.08. The first-order valence-electron chi connectivity index (χ1n) is 7.92. The molecule has 1 heterocycles. The fraction of sp³-hybridized carbons (Fsp3) is 0.111. The lowest BCUT2D eigenvalue weighted by Crippen LogP contribution is -2.20. The molecule has 0 aliphatic heterocycles. The Morgan fingerprint density at radius 1 is 1.14 bits per heavy atom. The van der Waals surface area contributed by atoms with E-state index in [1.54, 1.807) is 0 Å². The van der Waals surface area contributed by atoms with Crippen molar-refractivity contribution in [3.05, 3.63) is 59.8 Å². The van der Waals surface area contributed by atoms with Crippen LogP contribution in [0, 0.1) is 11.6 Å². The Kier molecular flexibility index (Phi) is 5.51.